The highest BCUT2D eigenvalue weighted by atomic mass is 16.5. The lowest BCUT2D eigenvalue weighted by Gasteiger charge is -2.26. The van der Waals surface area contributed by atoms with Crippen LogP contribution in [0.3, 0.4) is 0 Å². The first kappa shape index (κ1) is 11.4. The normalized spacial score (nSPS) is 18.1. The fraction of sp³-hybridized carbons (Fsp3) is 0.889. The number of hydrogen-bond acceptors (Lipinski definition) is 4. The molecule has 0 aromatic carbocycles. The largest absolute Gasteiger partial charge is 0.396 e. The minimum atomic E-state index is 0.0281. The third-order valence-corrected chi connectivity index (χ3v) is 2.11. The number of unbranched alkanes of at least 4 members (excludes halogenated alkanes) is 1. The number of rotatable bonds is 5. The predicted octanol–water partition coefficient (Wildman–Crippen LogP) is -0.488. The summed E-state index contributed by atoms with van der Waals surface area (Å²) in [5.74, 6) is 0.0281. The van der Waals surface area contributed by atoms with Crippen LogP contribution in [0.4, 0.5) is 0 Å². The number of ether oxygens (including phenoxy) is 1. The molecule has 0 aliphatic carbocycles. The van der Waals surface area contributed by atoms with Crippen LogP contribution in [0.15, 0.2) is 0 Å². The molecule has 0 saturated carbocycles. The van der Waals surface area contributed by atoms with Gasteiger partial charge >= 0.3 is 0 Å². The monoisotopic (exact) mass is 202 g/mol. The Balaban J connectivity index is 2.06. The fourth-order valence-corrected chi connectivity index (χ4v) is 1.30. The molecule has 1 aliphatic heterocycles. The Bertz CT molecular complexity index is 169. The molecule has 1 aliphatic rings. The smallest absolute Gasteiger partial charge is 0.234 e. The summed E-state index contributed by atoms with van der Waals surface area (Å²) in [7, 11) is 0. The lowest BCUT2D eigenvalue weighted by molar-refractivity contribution is -0.128. The molecule has 1 heterocycles. The minimum absolute atomic E-state index is 0.0281. The Morgan fingerprint density at radius 2 is 2.07 bits per heavy atom. The standard InChI is InChI=1S/C9H18N2O3/c12-6-2-1-3-9(13)10-11-4-7-14-8-5-11/h12H,1-8H2,(H,10,13). The van der Waals surface area contributed by atoms with Crippen LogP contribution >= 0.6 is 0 Å². The van der Waals surface area contributed by atoms with Gasteiger partial charge in [0.1, 0.15) is 0 Å². The van der Waals surface area contributed by atoms with E-state index in [2.05, 4.69) is 5.43 Å². The second-order valence-electron chi connectivity index (χ2n) is 3.32. The van der Waals surface area contributed by atoms with Crippen molar-refractivity contribution in [3.8, 4) is 0 Å². The van der Waals surface area contributed by atoms with Gasteiger partial charge in [-0.3, -0.25) is 10.2 Å². The molecular formula is C9H18N2O3. The van der Waals surface area contributed by atoms with E-state index in [1.165, 1.54) is 0 Å². The molecule has 2 N–H and O–H groups in total. The Morgan fingerprint density at radius 3 is 2.71 bits per heavy atom. The Labute approximate surface area is 84.0 Å². The molecule has 0 radical (unpaired) electrons. The van der Waals surface area contributed by atoms with E-state index in [0.717, 1.165) is 19.5 Å². The maximum atomic E-state index is 11.3. The van der Waals surface area contributed by atoms with Crippen molar-refractivity contribution < 1.29 is 14.6 Å². The van der Waals surface area contributed by atoms with Gasteiger partial charge in [0.15, 0.2) is 0 Å². The highest BCUT2D eigenvalue weighted by Crippen LogP contribution is 1.96. The number of nitrogens with one attached hydrogen (secondary N) is 1. The molecule has 82 valence electrons. The number of aliphatic hydroxyl groups excluding tert-OH is 1. The van der Waals surface area contributed by atoms with Crippen molar-refractivity contribution in [3.63, 3.8) is 0 Å². The van der Waals surface area contributed by atoms with Crippen LogP contribution < -0.4 is 5.43 Å². The van der Waals surface area contributed by atoms with Crippen LogP contribution in [0, 0.1) is 0 Å². The molecule has 1 saturated heterocycles. The van der Waals surface area contributed by atoms with E-state index in [1.54, 1.807) is 0 Å². The van der Waals surface area contributed by atoms with E-state index in [0.29, 0.717) is 26.1 Å². The summed E-state index contributed by atoms with van der Waals surface area (Å²) in [5, 5.41) is 10.4. The SMILES string of the molecule is O=C(CCCCO)NN1CCOCC1. The van der Waals surface area contributed by atoms with Crippen LogP contribution in [0.5, 0.6) is 0 Å². The molecule has 0 aromatic rings. The first-order valence-corrected chi connectivity index (χ1v) is 5.06. The molecule has 1 rings (SSSR count). The molecule has 0 bridgehead atoms. The molecule has 5 nitrogen and oxygen atoms in total. The summed E-state index contributed by atoms with van der Waals surface area (Å²) < 4.78 is 5.15. The summed E-state index contributed by atoms with van der Waals surface area (Å²) in [4.78, 5) is 11.3. The van der Waals surface area contributed by atoms with Gasteiger partial charge in [-0.1, -0.05) is 0 Å². The Morgan fingerprint density at radius 1 is 1.36 bits per heavy atom. The lowest BCUT2D eigenvalue weighted by Crippen LogP contribution is -2.48. The van der Waals surface area contributed by atoms with Gasteiger partial charge in [0.2, 0.25) is 5.91 Å². The molecule has 0 spiro atoms. The number of nitrogens with zero attached hydrogens (tertiary/aromatic N) is 1. The number of hydrazine groups is 1. The third-order valence-electron chi connectivity index (χ3n) is 2.11. The van der Waals surface area contributed by atoms with Crippen molar-refractivity contribution in [1.29, 1.82) is 0 Å². The number of carbonyl (C=O) groups excluding carboxylic acids is 1. The molecule has 0 atom stereocenters. The molecule has 5 heteroatoms. The van der Waals surface area contributed by atoms with Crippen molar-refractivity contribution in [2.45, 2.75) is 19.3 Å². The van der Waals surface area contributed by atoms with Gasteiger partial charge in [-0.05, 0) is 12.8 Å². The lowest BCUT2D eigenvalue weighted by atomic mass is 10.2. The van der Waals surface area contributed by atoms with Crippen LogP contribution in [0.25, 0.3) is 0 Å². The number of morpholine rings is 1. The quantitative estimate of drug-likeness (QED) is 0.591. The topological polar surface area (TPSA) is 61.8 Å². The highest BCUT2D eigenvalue weighted by molar-refractivity contribution is 5.75. The molecular weight excluding hydrogens is 184 g/mol. The minimum Gasteiger partial charge on any atom is -0.396 e. The van der Waals surface area contributed by atoms with Gasteiger partial charge < -0.3 is 9.84 Å². The summed E-state index contributed by atoms with van der Waals surface area (Å²) in [5.41, 5.74) is 2.81. The number of carbonyl (C=O) groups is 1. The van der Waals surface area contributed by atoms with Crippen molar-refractivity contribution in [1.82, 2.24) is 10.4 Å². The third kappa shape index (κ3) is 4.55. The molecule has 0 unspecified atom stereocenters. The van der Waals surface area contributed by atoms with Crippen molar-refractivity contribution >= 4 is 5.91 Å². The van der Waals surface area contributed by atoms with E-state index >= 15 is 0 Å². The Hall–Kier alpha value is -0.650. The van der Waals surface area contributed by atoms with Crippen molar-refractivity contribution in [3.05, 3.63) is 0 Å². The van der Waals surface area contributed by atoms with Crippen LogP contribution in [-0.2, 0) is 9.53 Å². The average Bonchev–Trinajstić information content (AvgIpc) is 2.20. The van der Waals surface area contributed by atoms with E-state index in [1.807, 2.05) is 5.01 Å². The van der Waals surface area contributed by atoms with E-state index in [9.17, 15) is 4.79 Å². The number of aliphatic hydroxyl groups is 1. The second-order valence-corrected chi connectivity index (χ2v) is 3.32. The van der Waals surface area contributed by atoms with Gasteiger partial charge in [-0.15, -0.1) is 0 Å². The Kier molecular flexibility index (Phi) is 5.51. The molecule has 1 fully saturated rings. The van der Waals surface area contributed by atoms with Gasteiger partial charge in [-0.2, -0.15) is 0 Å². The van der Waals surface area contributed by atoms with Gasteiger partial charge in [0.05, 0.1) is 13.2 Å². The zero-order valence-corrected chi connectivity index (χ0v) is 8.37. The molecule has 0 aromatic heterocycles. The fourth-order valence-electron chi connectivity index (χ4n) is 1.30. The van der Waals surface area contributed by atoms with Gasteiger partial charge in [0, 0.05) is 26.1 Å². The molecule has 14 heavy (non-hydrogen) atoms. The number of hydrogen-bond donors (Lipinski definition) is 2. The average molecular weight is 202 g/mol. The van der Waals surface area contributed by atoms with Crippen LogP contribution in [-0.4, -0.2) is 48.9 Å². The van der Waals surface area contributed by atoms with Crippen LogP contribution in [0.2, 0.25) is 0 Å². The maximum Gasteiger partial charge on any atom is 0.234 e. The highest BCUT2D eigenvalue weighted by Gasteiger charge is 2.12. The summed E-state index contributed by atoms with van der Waals surface area (Å²) in [6.45, 7) is 3.02. The second kappa shape index (κ2) is 6.75. The molecule has 1 amide bonds. The van der Waals surface area contributed by atoms with Gasteiger partial charge in [0.25, 0.3) is 0 Å². The van der Waals surface area contributed by atoms with E-state index < -0.39 is 0 Å². The summed E-state index contributed by atoms with van der Waals surface area (Å²) in [6.07, 6.45) is 1.92. The zero-order chi connectivity index (χ0) is 10.2. The summed E-state index contributed by atoms with van der Waals surface area (Å²) >= 11 is 0. The number of amides is 1. The van der Waals surface area contributed by atoms with Crippen molar-refractivity contribution in [2.24, 2.45) is 0 Å². The first-order chi connectivity index (χ1) is 6.83. The van der Waals surface area contributed by atoms with E-state index in [4.69, 9.17) is 9.84 Å². The van der Waals surface area contributed by atoms with Crippen molar-refractivity contribution in [2.75, 3.05) is 32.9 Å². The predicted molar refractivity (Wildman–Crippen MR) is 51.5 cm³/mol. The van der Waals surface area contributed by atoms with Gasteiger partial charge in [-0.25, -0.2) is 5.01 Å². The zero-order valence-electron chi connectivity index (χ0n) is 8.37. The maximum absolute atomic E-state index is 11.3. The van der Waals surface area contributed by atoms with E-state index in [-0.39, 0.29) is 12.5 Å². The summed E-state index contributed by atoms with van der Waals surface area (Å²) in [6, 6.07) is 0. The van der Waals surface area contributed by atoms with Crippen LogP contribution in [0.1, 0.15) is 19.3 Å². The first-order valence-electron chi connectivity index (χ1n) is 5.06.